The molecule has 2 aromatic heterocycles. The molecule has 1 saturated carbocycles. The monoisotopic (exact) mass is 404 g/mol. The molecule has 0 radical (unpaired) electrons. The van der Waals surface area contributed by atoms with Crippen LogP contribution in [0.15, 0.2) is 60.9 Å². The molecule has 0 saturated heterocycles. The number of nitrogens with one attached hydrogen (secondary N) is 2. The number of fused-ring (bicyclic) bond motifs is 1. The first kappa shape index (κ1) is 17.8. The topological polar surface area (TPSA) is 84.7 Å². The van der Waals surface area contributed by atoms with Crippen molar-refractivity contribution in [3.05, 3.63) is 66.5 Å². The Morgan fingerprint density at radius 1 is 1.00 bits per heavy atom. The number of benzene rings is 2. The number of anilines is 1. The van der Waals surface area contributed by atoms with Crippen LogP contribution >= 0.6 is 11.3 Å². The lowest BCUT2D eigenvalue weighted by molar-refractivity contribution is 0.0935. The Morgan fingerprint density at radius 2 is 1.76 bits per heavy atom. The van der Waals surface area contributed by atoms with Crippen LogP contribution in [0.5, 0.6) is 0 Å². The second-order valence-corrected chi connectivity index (χ2v) is 8.11. The van der Waals surface area contributed by atoms with E-state index in [4.69, 9.17) is 0 Å². The lowest BCUT2D eigenvalue weighted by Gasteiger charge is -2.22. The first-order valence-electron chi connectivity index (χ1n) is 9.66. The number of hydrogen-bond acceptors (Lipinski definition) is 6. The summed E-state index contributed by atoms with van der Waals surface area (Å²) in [6, 6.07) is 15.7. The number of hydrogen-bond donors (Lipinski definition) is 2. The van der Waals surface area contributed by atoms with Gasteiger partial charge in [0, 0.05) is 12.1 Å². The Hall–Kier alpha value is -3.26. The molecule has 1 aliphatic rings. The standard InChI is InChI=1S/C21H20N6OS/c28-20(14-6-1-3-10-18(14)27-22-12-13-23-27)24-15-8-5-9-16(15)25-21-26-17-7-2-4-11-19(17)29-21/h1-4,6-7,10-13,15-16H,5,8-9H2,(H,24,28)(H,25,26)/t15-,16+/m1/s1. The van der Waals surface area contributed by atoms with Gasteiger partial charge in [-0.15, -0.1) is 0 Å². The number of rotatable bonds is 5. The van der Waals surface area contributed by atoms with Gasteiger partial charge in [-0.1, -0.05) is 35.6 Å². The molecule has 1 aliphatic carbocycles. The minimum atomic E-state index is -0.110. The predicted octanol–water partition coefficient (Wildman–Crippen LogP) is 3.64. The minimum Gasteiger partial charge on any atom is -0.357 e. The molecule has 2 aromatic carbocycles. The summed E-state index contributed by atoms with van der Waals surface area (Å²) in [4.78, 5) is 19.2. The van der Waals surface area contributed by atoms with E-state index in [1.54, 1.807) is 29.8 Å². The number of carbonyl (C=O) groups is 1. The van der Waals surface area contributed by atoms with E-state index in [9.17, 15) is 4.79 Å². The maximum Gasteiger partial charge on any atom is 0.253 e. The van der Waals surface area contributed by atoms with Crippen LogP contribution in [0.3, 0.4) is 0 Å². The first-order chi connectivity index (χ1) is 14.3. The molecule has 29 heavy (non-hydrogen) atoms. The van der Waals surface area contributed by atoms with E-state index >= 15 is 0 Å². The molecule has 4 aromatic rings. The van der Waals surface area contributed by atoms with Gasteiger partial charge in [-0.05, 0) is 43.5 Å². The normalized spacial score (nSPS) is 18.8. The van der Waals surface area contributed by atoms with Crippen LogP contribution in [0, 0.1) is 0 Å². The van der Waals surface area contributed by atoms with Crippen LogP contribution in [0.2, 0.25) is 0 Å². The quantitative estimate of drug-likeness (QED) is 0.530. The van der Waals surface area contributed by atoms with Gasteiger partial charge in [0.05, 0.1) is 33.9 Å². The molecular formula is C21H20N6OS. The van der Waals surface area contributed by atoms with E-state index in [1.165, 1.54) is 4.80 Å². The fourth-order valence-electron chi connectivity index (χ4n) is 3.82. The van der Waals surface area contributed by atoms with Gasteiger partial charge in [0.15, 0.2) is 5.13 Å². The Morgan fingerprint density at radius 3 is 2.62 bits per heavy atom. The highest BCUT2D eigenvalue weighted by Gasteiger charge is 2.30. The van der Waals surface area contributed by atoms with Crippen molar-refractivity contribution >= 4 is 32.6 Å². The molecule has 7 nitrogen and oxygen atoms in total. The number of aromatic nitrogens is 4. The van der Waals surface area contributed by atoms with Gasteiger partial charge in [0.25, 0.3) is 5.91 Å². The third-order valence-electron chi connectivity index (χ3n) is 5.22. The van der Waals surface area contributed by atoms with E-state index in [0.717, 1.165) is 34.6 Å². The van der Waals surface area contributed by atoms with Crippen molar-refractivity contribution in [3.8, 4) is 5.69 Å². The maximum atomic E-state index is 13.0. The molecule has 2 N–H and O–H groups in total. The van der Waals surface area contributed by atoms with Crippen LogP contribution in [0.1, 0.15) is 29.6 Å². The fourth-order valence-corrected chi connectivity index (χ4v) is 4.75. The predicted molar refractivity (Wildman–Crippen MR) is 113 cm³/mol. The average Bonchev–Trinajstić information content (AvgIpc) is 3.49. The highest BCUT2D eigenvalue weighted by atomic mass is 32.1. The highest BCUT2D eigenvalue weighted by Crippen LogP contribution is 2.29. The summed E-state index contributed by atoms with van der Waals surface area (Å²) in [6.07, 6.45) is 6.21. The molecule has 1 amide bonds. The van der Waals surface area contributed by atoms with Crippen LogP contribution in [-0.4, -0.2) is 38.0 Å². The summed E-state index contributed by atoms with van der Waals surface area (Å²) in [7, 11) is 0. The second kappa shape index (κ2) is 7.63. The molecule has 0 spiro atoms. The van der Waals surface area contributed by atoms with Gasteiger partial charge in [0.2, 0.25) is 0 Å². The summed E-state index contributed by atoms with van der Waals surface area (Å²) >= 11 is 1.65. The number of thiazole rings is 1. The van der Waals surface area contributed by atoms with E-state index < -0.39 is 0 Å². The average molecular weight is 404 g/mol. The summed E-state index contributed by atoms with van der Waals surface area (Å²) < 4.78 is 1.16. The zero-order chi connectivity index (χ0) is 19.6. The zero-order valence-electron chi connectivity index (χ0n) is 15.7. The molecular weight excluding hydrogens is 384 g/mol. The van der Waals surface area contributed by atoms with E-state index in [1.807, 2.05) is 36.4 Å². The van der Waals surface area contributed by atoms with Crippen LogP contribution in [0.4, 0.5) is 5.13 Å². The lowest BCUT2D eigenvalue weighted by Crippen LogP contribution is -2.43. The van der Waals surface area contributed by atoms with Crippen molar-refractivity contribution in [2.45, 2.75) is 31.3 Å². The Balaban J connectivity index is 1.33. The summed E-state index contributed by atoms with van der Waals surface area (Å²) in [6.45, 7) is 0. The Kier molecular flexibility index (Phi) is 4.69. The van der Waals surface area contributed by atoms with Gasteiger partial charge in [-0.3, -0.25) is 4.79 Å². The molecule has 1 fully saturated rings. The molecule has 0 bridgehead atoms. The van der Waals surface area contributed by atoms with Crippen LogP contribution in [0.25, 0.3) is 15.9 Å². The Bertz CT molecular complexity index is 1110. The molecule has 8 heteroatoms. The largest absolute Gasteiger partial charge is 0.357 e. The number of amides is 1. The number of para-hydroxylation sites is 2. The third-order valence-corrected chi connectivity index (χ3v) is 6.19. The molecule has 2 heterocycles. The molecule has 2 atom stereocenters. The first-order valence-corrected chi connectivity index (χ1v) is 10.5. The van der Waals surface area contributed by atoms with Crippen LogP contribution < -0.4 is 10.6 Å². The molecule has 0 aliphatic heterocycles. The van der Waals surface area contributed by atoms with Gasteiger partial charge in [-0.2, -0.15) is 15.0 Å². The van der Waals surface area contributed by atoms with Gasteiger partial charge < -0.3 is 10.6 Å². The second-order valence-electron chi connectivity index (χ2n) is 7.08. The van der Waals surface area contributed by atoms with Crippen LogP contribution in [-0.2, 0) is 0 Å². The summed E-state index contributed by atoms with van der Waals surface area (Å²) in [5.41, 5.74) is 2.23. The van der Waals surface area contributed by atoms with Gasteiger partial charge in [-0.25, -0.2) is 4.98 Å². The third kappa shape index (κ3) is 3.58. The van der Waals surface area contributed by atoms with E-state index in [-0.39, 0.29) is 18.0 Å². The van der Waals surface area contributed by atoms with Crippen molar-refractivity contribution in [1.29, 1.82) is 0 Å². The lowest BCUT2D eigenvalue weighted by atomic mass is 10.1. The van der Waals surface area contributed by atoms with Crippen molar-refractivity contribution in [2.75, 3.05) is 5.32 Å². The minimum absolute atomic E-state index is 0.0492. The highest BCUT2D eigenvalue weighted by molar-refractivity contribution is 7.22. The van der Waals surface area contributed by atoms with Crippen molar-refractivity contribution in [3.63, 3.8) is 0 Å². The zero-order valence-corrected chi connectivity index (χ0v) is 16.5. The van der Waals surface area contributed by atoms with E-state index in [2.05, 4.69) is 31.9 Å². The number of carbonyl (C=O) groups excluding carboxylic acids is 1. The van der Waals surface area contributed by atoms with Crippen molar-refractivity contribution in [2.24, 2.45) is 0 Å². The van der Waals surface area contributed by atoms with Crippen molar-refractivity contribution < 1.29 is 4.79 Å². The maximum absolute atomic E-state index is 13.0. The molecule has 5 rings (SSSR count). The number of nitrogens with zero attached hydrogens (tertiary/aromatic N) is 4. The van der Waals surface area contributed by atoms with E-state index in [0.29, 0.717) is 11.3 Å². The van der Waals surface area contributed by atoms with Gasteiger partial charge in [0.1, 0.15) is 0 Å². The van der Waals surface area contributed by atoms with Gasteiger partial charge >= 0.3 is 0 Å². The molecule has 146 valence electrons. The summed E-state index contributed by atoms with van der Waals surface area (Å²) in [5.74, 6) is -0.110. The summed E-state index contributed by atoms with van der Waals surface area (Å²) in [5, 5.41) is 16.0. The molecule has 0 unspecified atom stereocenters. The SMILES string of the molecule is O=C(N[C@@H]1CCC[C@@H]1Nc1nc2ccccc2s1)c1ccccc1-n1nccn1. The Labute approximate surface area is 171 Å². The fraction of sp³-hybridized carbons (Fsp3) is 0.238. The smallest absolute Gasteiger partial charge is 0.253 e. The van der Waals surface area contributed by atoms with Crippen molar-refractivity contribution in [1.82, 2.24) is 25.3 Å².